The molecule has 0 aliphatic carbocycles. The first-order valence-corrected chi connectivity index (χ1v) is 6.08. The Labute approximate surface area is 73.8 Å². The van der Waals surface area contributed by atoms with Crippen molar-refractivity contribution in [2.45, 2.75) is 20.8 Å². The van der Waals surface area contributed by atoms with E-state index >= 15 is 0 Å². The van der Waals surface area contributed by atoms with Gasteiger partial charge in [0.15, 0.2) is 0 Å². The minimum Gasteiger partial charge on any atom is -0.361 e. The maximum atomic E-state index is 10.9. The van der Waals surface area contributed by atoms with Gasteiger partial charge in [-0.05, 0) is 20.8 Å². The van der Waals surface area contributed by atoms with Crippen molar-refractivity contribution in [3.63, 3.8) is 0 Å². The van der Waals surface area contributed by atoms with Crippen LogP contribution < -0.4 is 0 Å². The number of nitrogens with zero attached hydrogens (tertiary/aromatic N) is 2. The Hall–Kier alpha value is -0.340. The van der Waals surface area contributed by atoms with Gasteiger partial charge in [0.25, 0.3) is 0 Å². The third kappa shape index (κ3) is 4.52. The molecule has 0 aliphatic heterocycles. The molecule has 0 radical (unpaired) electrons. The van der Waals surface area contributed by atoms with Gasteiger partial charge in [0.2, 0.25) is 0 Å². The molecule has 1 atom stereocenters. The highest BCUT2D eigenvalue weighted by atomic mass is 31.2. The van der Waals surface area contributed by atoms with Crippen LogP contribution in [0.4, 0.5) is 0 Å². The molecule has 0 aromatic rings. The van der Waals surface area contributed by atoms with Gasteiger partial charge in [-0.3, -0.25) is 4.57 Å². The average Bonchev–Trinajstić information content (AvgIpc) is 1.85. The fraction of sp³-hybridized carbons (Fsp3) is 0.857. The molecule has 0 aliphatic rings. The fourth-order valence-corrected chi connectivity index (χ4v) is 1.68. The van der Waals surface area contributed by atoms with E-state index in [0.29, 0.717) is 5.84 Å². The fourth-order valence-electron chi connectivity index (χ4n) is 1.01. The zero-order chi connectivity index (χ0) is 9.78. The zero-order valence-corrected chi connectivity index (χ0v) is 9.01. The van der Waals surface area contributed by atoms with Crippen molar-refractivity contribution >= 4 is 13.4 Å². The first-order valence-electron chi connectivity index (χ1n) is 4.02. The topological polar surface area (TPSA) is 52.9 Å². The predicted octanol–water partition coefficient (Wildman–Crippen LogP) is 1.56. The molecule has 72 valence electrons. The highest BCUT2D eigenvalue weighted by molar-refractivity contribution is 7.55. The van der Waals surface area contributed by atoms with Crippen LogP contribution in [0.3, 0.4) is 0 Å². The van der Waals surface area contributed by atoms with Crippen LogP contribution >= 0.6 is 7.52 Å². The van der Waals surface area contributed by atoms with Crippen LogP contribution in [0.5, 0.6) is 0 Å². The Balaban J connectivity index is 4.45. The largest absolute Gasteiger partial charge is 0.361 e. The Bertz CT molecular complexity index is 205. The summed E-state index contributed by atoms with van der Waals surface area (Å²) in [5, 5.41) is 0. The van der Waals surface area contributed by atoms with Crippen molar-refractivity contribution in [1.82, 2.24) is 4.90 Å². The summed E-state index contributed by atoms with van der Waals surface area (Å²) in [5.74, 6) is 0.633. The minimum atomic E-state index is -3.26. The van der Waals surface area contributed by atoms with E-state index in [2.05, 4.69) is 4.76 Å². The molecule has 1 N–H and O–H groups in total. The summed E-state index contributed by atoms with van der Waals surface area (Å²) < 4.78 is 14.6. The first-order chi connectivity index (χ1) is 5.40. The zero-order valence-electron chi connectivity index (χ0n) is 8.11. The van der Waals surface area contributed by atoms with Crippen LogP contribution in [0, 0.1) is 0 Å². The van der Waals surface area contributed by atoms with Crippen LogP contribution in [0.2, 0.25) is 0 Å². The maximum Gasteiger partial charge on any atom is 0.310 e. The molecule has 1 unspecified atom stereocenters. The van der Waals surface area contributed by atoms with E-state index < -0.39 is 7.52 Å². The standard InChI is InChI=1S/C7H17N2O2P/c1-5-9(6-2)7(3)8-12(4,10)11/h5-6H2,1-4H3,(H,10,11)/b8-7+. The first kappa shape index (κ1) is 11.7. The van der Waals surface area contributed by atoms with Crippen LogP contribution in [0.25, 0.3) is 0 Å². The Kier molecular flexibility index (Phi) is 4.50. The van der Waals surface area contributed by atoms with Crippen molar-refractivity contribution < 1.29 is 9.46 Å². The van der Waals surface area contributed by atoms with E-state index in [1.54, 1.807) is 6.92 Å². The molecule has 12 heavy (non-hydrogen) atoms. The summed E-state index contributed by atoms with van der Waals surface area (Å²) in [6, 6.07) is 0. The van der Waals surface area contributed by atoms with E-state index in [-0.39, 0.29) is 0 Å². The smallest absolute Gasteiger partial charge is 0.310 e. The van der Waals surface area contributed by atoms with E-state index in [4.69, 9.17) is 4.89 Å². The molecule has 0 heterocycles. The van der Waals surface area contributed by atoms with Gasteiger partial charge in [0, 0.05) is 19.8 Å². The Morgan fingerprint density at radius 3 is 2.17 bits per heavy atom. The van der Waals surface area contributed by atoms with Crippen molar-refractivity contribution in [2.24, 2.45) is 4.76 Å². The molecule has 0 spiro atoms. The van der Waals surface area contributed by atoms with Crippen LogP contribution in [-0.2, 0) is 4.57 Å². The second-order valence-electron chi connectivity index (χ2n) is 2.65. The molecule has 4 nitrogen and oxygen atoms in total. The van der Waals surface area contributed by atoms with E-state index in [1.807, 2.05) is 18.7 Å². The van der Waals surface area contributed by atoms with Crippen molar-refractivity contribution in [3.8, 4) is 0 Å². The third-order valence-corrected chi connectivity index (χ3v) is 2.21. The number of hydrogen-bond acceptors (Lipinski definition) is 1. The molecule has 0 aromatic heterocycles. The quantitative estimate of drug-likeness (QED) is 0.419. The molecular weight excluding hydrogens is 175 g/mol. The van der Waals surface area contributed by atoms with Gasteiger partial charge in [0.05, 0.1) is 0 Å². The number of hydrogen-bond donors (Lipinski definition) is 1. The van der Waals surface area contributed by atoms with Crippen molar-refractivity contribution in [1.29, 1.82) is 0 Å². The average molecular weight is 192 g/mol. The molecule has 0 saturated carbocycles. The summed E-state index contributed by atoms with van der Waals surface area (Å²) in [7, 11) is -3.26. The SMILES string of the molecule is CCN(CC)/C(C)=N/P(C)(=O)O. The van der Waals surface area contributed by atoms with E-state index in [9.17, 15) is 4.57 Å². The minimum absolute atomic E-state index is 0.633. The molecule has 0 fully saturated rings. The highest BCUT2D eigenvalue weighted by Crippen LogP contribution is 2.37. The highest BCUT2D eigenvalue weighted by Gasteiger charge is 2.09. The van der Waals surface area contributed by atoms with Crippen LogP contribution in [0.15, 0.2) is 4.76 Å². The Morgan fingerprint density at radius 2 is 1.92 bits per heavy atom. The lowest BCUT2D eigenvalue weighted by Gasteiger charge is -2.20. The van der Waals surface area contributed by atoms with E-state index in [1.165, 1.54) is 6.66 Å². The third-order valence-electron chi connectivity index (χ3n) is 1.55. The van der Waals surface area contributed by atoms with Gasteiger partial charge >= 0.3 is 7.52 Å². The van der Waals surface area contributed by atoms with Crippen molar-refractivity contribution in [2.75, 3.05) is 19.8 Å². The lowest BCUT2D eigenvalue weighted by molar-refractivity contribution is 0.457. The van der Waals surface area contributed by atoms with Gasteiger partial charge in [0.1, 0.15) is 5.84 Å². The molecule has 0 rings (SSSR count). The monoisotopic (exact) mass is 192 g/mol. The molecule has 0 amide bonds. The van der Waals surface area contributed by atoms with Gasteiger partial charge in [-0.2, -0.15) is 4.76 Å². The summed E-state index contributed by atoms with van der Waals surface area (Å²) in [4.78, 5) is 10.9. The summed E-state index contributed by atoms with van der Waals surface area (Å²) >= 11 is 0. The van der Waals surface area contributed by atoms with Crippen LogP contribution in [-0.4, -0.2) is 35.4 Å². The van der Waals surface area contributed by atoms with Gasteiger partial charge in [-0.1, -0.05) is 0 Å². The van der Waals surface area contributed by atoms with Gasteiger partial charge in [-0.15, -0.1) is 0 Å². The lowest BCUT2D eigenvalue weighted by atomic mass is 10.5. The molecule has 0 bridgehead atoms. The molecule has 5 heteroatoms. The Morgan fingerprint density at radius 1 is 1.50 bits per heavy atom. The maximum absolute atomic E-state index is 10.9. The number of amidine groups is 1. The molecule has 0 saturated heterocycles. The second kappa shape index (κ2) is 4.63. The van der Waals surface area contributed by atoms with Crippen LogP contribution in [0.1, 0.15) is 20.8 Å². The molecular formula is C7H17N2O2P. The van der Waals surface area contributed by atoms with Gasteiger partial charge < -0.3 is 9.79 Å². The summed E-state index contributed by atoms with van der Waals surface area (Å²) in [5.41, 5.74) is 0. The molecule has 0 aromatic carbocycles. The number of rotatable bonds is 3. The summed E-state index contributed by atoms with van der Waals surface area (Å²) in [6.07, 6.45) is 0. The second-order valence-corrected chi connectivity index (χ2v) is 4.53. The normalized spacial score (nSPS) is 17.2. The van der Waals surface area contributed by atoms with Gasteiger partial charge in [-0.25, -0.2) is 0 Å². The predicted molar refractivity (Wildman–Crippen MR) is 51.8 cm³/mol. The van der Waals surface area contributed by atoms with E-state index in [0.717, 1.165) is 13.1 Å². The lowest BCUT2D eigenvalue weighted by Crippen LogP contribution is -2.28. The summed E-state index contributed by atoms with van der Waals surface area (Å²) in [6.45, 7) is 8.58. The van der Waals surface area contributed by atoms with Crippen molar-refractivity contribution in [3.05, 3.63) is 0 Å².